The van der Waals surface area contributed by atoms with Crippen LogP contribution in [0.1, 0.15) is 64.4 Å². The van der Waals surface area contributed by atoms with Gasteiger partial charge < -0.3 is 19.5 Å². The third kappa shape index (κ3) is 7.13. The molecule has 0 aliphatic carbocycles. The summed E-state index contributed by atoms with van der Waals surface area (Å²) in [6.45, 7) is 8.35. The van der Waals surface area contributed by atoms with Crippen LogP contribution in [0.2, 0.25) is 0 Å². The number of nitrogens with one attached hydrogen (secondary N) is 1. The molecular formula is C24H33N5O4. The van der Waals surface area contributed by atoms with Crippen molar-refractivity contribution >= 4 is 17.8 Å². The summed E-state index contributed by atoms with van der Waals surface area (Å²) in [6.07, 6.45) is 6.84. The van der Waals surface area contributed by atoms with Crippen LogP contribution >= 0.6 is 0 Å². The Morgan fingerprint density at radius 1 is 1.15 bits per heavy atom. The molecular weight excluding hydrogens is 422 g/mol. The first-order chi connectivity index (χ1) is 15.6. The lowest BCUT2D eigenvalue weighted by Gasteiger charge is -2.34. The van der Waals surface area contributed by atoms with Crippen LogP contribution in [-0.2, 0) is 25.7 Å². The van der Waals surface area contributed by atoms with E-state index in [-0.39, 0.29) is 24.2 Å². The van der Waals surface area contributed by atoms with Crippen molar-refractivity contribution in [3.63, 3.8) is 0 Å². The van der Waals surface area contributed by atoms with Crippen molar-refractivity contribution in [3.8, 4) is 0 Å². The average molecular weight is 456 g/mol. The molecule has 9 nitrogen and oxygen atoms in total. The van der Waals surface area contributed by atoms with Crippen LogP contribution in [0.5, 0.6) is 0 Å². The molecule has 33 heavy (non-hydrogen) atoms. The fourth-order valence-corrected chi connectivity index (χ4v) is 4.05. The van der Waals surface area contributed by atoms with Crippen LogP contribution in [0.25, 0.3) is 0 Å². The van der Waals surface area contributed by atoms with Crippen LogP contribution in [0.3, 0.4) is 0 Å². The van der Waals surface area contributed by atoms with Crippen molar-refractivity contribution in [2.24, 2.45) is 0 Å². The number of hydrogen-bond donors (Lipinski definition) is 1. The smallest absolute Gasteiger partial charge is 0.308 e. The van der Waals surface area contributed by atoms with Crippen molar-refractivity contribution in [1.82, 2.24) is 24.8 Å². The summed E-state index contributed by atoms with van der Waals surface area (Å²) in [6, 6.07) is 4.91. The SMILES string of the molecule is CC(=O)NC(CC(=O)OC(C)(C)C)C(=O)N1CCC(c2nccn2Cc2ccccn2)CC1. The second-order valence-corrected chi connectivity index (χ2v) is 9.38. The van der Waals surface area contributed by atoms with E-state index in [9.17, 15) is 14.4 Å². The Morgan fingerprint density at radius 3 is 2.48 bits per heavy atom. The fourth-order valence-electron chi connectivity index (χ4n) is 4.05. The number of carbonyl (C=O) groups is 3. The van der Waals surface area contributed by atoms with Crippen molar-refractivity contribution in [2.45, 2.75) is 71.1 Å². The van der Waals surface area contributed by atoms with E-state index in [0.29, 0.717) is 19.6 Å². The van der Waals surface area contributed by atoms with Gasteiger partial charge in [-0.2, -0.15) is 0 Å². The lowest BCUT2D eigenvalue weighted by atomic mass is 9.95. The first-order valence-electron chi connectivity index (χ1n) is 11.3. The summed E-state index contributed by atoms with van der Waals surface area (Å²) in [5, 5.41) is 2.61. The monoisotopic (exact) mass is 455 g/mol. The lowest BCUT2D eigenvalue weighted by molar-refractivity contribution is -0.157. The van der Waals surface area contributed by atoms with Gasteiger partial charge in [0, 0.05) is 44.5 Å². The Bertz CT molecular complexity index is 959. The highest BCUT2D eigenvalue weighted by Crippen LogP contribution is 2.28. The summed E-state index contributed by atoms with van der Waals surface area (Å²) in [7, 11) is 0. The number of rotatable bonds is 7. The van der Waals surface area contributed by atoms with Crippen molar-refractivity contribution in [1.29, 1.82) is 0 Å². The van der Waals surface area contributed by atoms with Gasteiger partial charge in [0.2, 0.25) is 11.8 Å². The lowest BCUT2D eigenvalue weighted by Crippen LogP contribution is -2.51. The second-order valence-electron chi connectivity index (χ2n) is 9.38. The minimum atomic E-state index is -0.931. The summed E-state index contributed by atoms with van der Waals surface area (Å²) in [5.41, 5.74) is 0.306. The average Bonchev–Trinajstić information content (AvgIpc) is 3.20. The van der Waals surface area contributed by atoms with Gasteiger partial charge in [-0.05, 0) is 45.7 Å². The molecule has 1 aliphatic rings. The number of piperidine rings is 1. The van der Waals surface area contributed by atoms with Gasteiger partial charge in [-0.25, -0.2) is 4.98 Å². The highest BCUT2D eigenvalue weighted by atomic mass is 16.6. The van der Waals surface area contributed by atoms with Crippen molar-refractivity contribution in [2.75, 3.05) is 13.1 Å². The van der Waals surface area contributed by atoms with E-state index in [4.69, 9.17) is 4.74 Å². The molecule has 2 amide bonds. The fraction of sp³-hybridized carbons (Fsp3) is 0.542. The first kappa shape index (κ1) is 24.4. The van der Waals surface area contributed by atoms with E-state index in [1.807, 2.05) is 24.4 Å². The predicted molar refractivity (Wildman–Crippen MR) is 122 cm³/mol. The summed E-state index contributed by atoms with van der Waals surface area (Å²) in [5.74, 6) is 0.0773. The number of hydrogen-bond acceptors (Lipinski definition) is 6. The van der Waals surface area contributed by atoms with Crippen LogP contribution in [0.4, 0.5) is 0 Å². The van der Waals surface area contributed by atoms with Crippen LogP contribution in [0, 0.1) is 0 Å². The number of esters is 1. The minimum absolute atomic E-state index is 0.190. The first-order valence-corrected chi connectivity index (χ1v) is 11.3. The molecule has 1 fully saturated rings. The zero-order chi connectivity index (χ0) is 24.0. The topological polar surface area (TPSA) is 106 Å². The van der Waals surface area contributed by atoms with E-state index >= 15 is 0 Å². The van der Waals surface area contributed by atoms with E-state index in [1.165, 1.54) is 6.92 Å². The summed E-state index contributed by atoms with van der Waals surface area (Å²) in [4.78, 5) is 47.7. The standard InChI is InChI=1S/C24H33N5O4/c1-17(30)27-20(15-21(31)33-24(2,3)4)23(32)28-12-8-18(9-13-28)22-26-11-14-29(22)16-19-7-5-6-10-25-19/h5-7,10-11,14,18,20H,8-9,12-13,15-16H2,1-4H3,(H,27,30). The molecule has 1 unspecified atom stereocenters. The maximum absolute atomic E-state index is 13.1. The molecule has 0 bridgehead atoms. The normalized spacial score (nSPS) is 15.7. The zero-order valence-electron chi connectivity index (χ0n) is 19.8. The van der Waals surface area contributed by atoms with Gasteiger partial charge in [0.1, 0.15) is 17.5 Å². The van der Waals surface area contributed by atoms with Crippen LogP contribution in [0.15, 0.2) is 36.8 Å². The van der Waals surface area contributed by atoms with Gasteiger partial charge in [-0.3, -0.25) is 19.4 Å². The predicted octanol–water partition coefficient (Wildman–Crippen LogP) is 2.27. The van der Waals surface area contributed by atoms with Crippen LogP contribution in [-0.4, -0.2) is 62.0 Å². The van der Waals surface area contributed by atoms with Gasteiger partial charge in [-0.1, -0.05) is 6.07 Å². The molecule has 0 radical (unpaired) electrons. The van der Waals surface area contributed by atoms with E-state index in [0.717, 1.165) is 24.4 Å². The third-order valence-corrected chi connectivity index (χ3v) is 5.44. The molecule has 0 spiro atoms. The molecule has 1 aliphatic heterocycles. The summed E-state index contributed by atoms with van der Waals surface area (Å²) >= 11 is 0. The Hall–Kier alpha value is -3.23. The number of likely N-dealkylation sites (tertiary alicyclic amines) is 1. The molecule has 9 heteroatoms. The van der Waals surface area contributed by atoms with E-state index in [1.54, 1.807) is 38.1 Å². The molecule has 2 aromatic heterocycles. The number of amides is 2. The largest absolute Gasteiger partial charge is 0.460 e. The number of imidazole rings is 1. The molecule has 178 valence electrons. The highest BCUT2D eigenvalue weighted by molar-refractivity contribution is 5.90. The van der Waals surface area contributed by atoms with E-state index in [2.05, 4.69) is 19.9 Å². The zero-order valence-corrected chi connectivity index (χ0v) is 19.8. The number of ether oxygens (including phenoxy) is 1. The van der Waals surface area contributed by atoms with Crippen molar-refractivity contribution in [3.05, 3.63) is 48.3 Å². The Balaban J connectivity index is 1.61. The number of nitrogens with zero attached hydrogens (tertiary/aromatic N) is 4. The molecule has 2 aromatic rings. The third-order valence-electron chi connectivity index (χ3n) is 5.44. The molecule has 0 aromatic carbocycles. The van der Waals surface area contributed by atoms with E-state index < -0.39 is 17.6 Å². The van der Waals surface area contributed by atoms with Crippen molar-refractivity contribution < 1.29 is 19.1 Å². The minimum Gasteiger partial charge on any atom is -0.460 e. The quantitative estimate of drug-likeness (QED) is 0.642. The van der Waals surface area contributed by atoms with Crippen LogP contribution < -0.4 is 5.32 Å². The molecule has 1 saturated heterocycles. The molecule has 1 N–H and O–H groups in total. The van der Waals surface area contributed by atoms with Gasteiger partial charge >= 0.3 is 5.97 Å². The van der Waals surface area contributed by atoms with Gasteiger partial charge in [0.15, 0.2) is 0 Å². The number of aromatic nitrogens is 3. The number of pyridine rings is 1. The van der Waals surface area contributed by atoms with Gasteiger partial charge in [0.05, 0.1) is 18.7 Å². The van der Waals surface area contributed by atoms with Gasteiger partial charge in [0.25, 0.3) is 0 Å². The molecule has 0 saturated carbocycles. The second kappa shape index (κ2) is 10.6. The maximum Gasteiger partial charge on any atom is 0.308 e. The highest BCUT2D eigenvalue weighted by Gasteiger charge is 2.33. The Kier molecular flexibility index (Phi) is 7.84. The maximum atomic E-state index is 13.1. The summed E-state index contributed by atoms with van der Waals surface area (Å²) < 4.78 is 7.44. The molecule has 3 heterocycles. The Labute approximate surface area is 194 Å². The molecule has 3 rings (SSSR count). The Morgan fingerprint density at radius 2 is 1.88 bits per heavy atom. The number of carbonyl (C=O) groups excluding carboxylic acids is 3. The van der Waals surface area contributed by atoms with Gasteiger partial charge in [-0.15, -0.1) is 0 Å². The molecule has 1 atom stereocenters.